The zero-order valence-electron chi connectivity index (χ0n) is 17.3. The van der Waals surface area contributed by atoms with Crippen LogP contribution in [0.2, 0.25) is 0 Å². The first kappa shape index (κ1) is 22.8. The molecule has 7 nitrogen and oxygen atoms in total. The average Bonchev–Trinajstić information content (AvgIpc) is 2.84. The van der Waals surface area contributed by atoms with Gasteiger partial charge in [0.25, 0.3) is 11.8 Å². The number of methoxy groups -OCH3 is 1. The molecule has 3 aromatic rings. The standard InChI is InChI=1S/C24H21N3O4S/c1-31-22(28)16-32-20-11-9-19(10-12-20)26-24(30)21(14-17-6-5-13-25-15-17)27-23(29)18-7-3-2-4-8-18/h2-15H,16H2,1H3,(H,26,30)(H,27,29)/b21-14-. The Bertz CT molecular complexity index is 1100. The highest BCUT2D eigenvalue weighted by molar-refractivity contribution is 8.00. The summed E-state index contributed by atoms with van der Waals surface area (Å²) >= 11 is 1.33. The molecule has 0 aliphatic carbocycles. The van der Waals surface area contributed by atoms with Gasteiger partial charge in [0, 0.05) is 28.5 Å². The lowest BCUT2D eigenvalue weighted by molar-refractivity contribution is -0.137. The molecule has 0 saturated heterocycles. The number of amides is 2. The number of hydrogen-bond donors (Lipinski definition) is 2. The van der Waals surface area contributed by atoms with Crippen molar-refractivity contribution >= 4 is 41.3 Å². The van der Waals surface area contributed by atoms with E-state index < -0.39 is 11.8 Å². The molecule has 0 spiro atoms. The molecule has 1 aromatic heterocycles. The topological polar surface area (TPSA) is 97.4 Å². The van der Waals surface area contributed by atoms with Gasteiger partial charge in [-0.15, -0.1) is 11.8 Å². The first-order valence-corrected chi connectivity index (χ1v) is 10.6. The predicted octanol–water partition coefficient (Wildman–Crippen LogP) is 3.76. The van der Waals surface area contributed by atoms with Crippen molar-refractivity contribution < 1.29 is 19.1 Å². The second kappa shape index (κ2) is 11.5. The lowest BCUT2D eigenvalue weighted by atomic mass is 10.2. The molecule has 0 atom stereocenters. The molecule has 0 fully saturated rings. The lowest BCUT2D eigenvalue weighted by Gasteiger charge is -2.12. The van der Waals surface area contributed by atoms with Crippen LogP contribution in [0.4, 0.5) is 5.69 Å². The zero-order valence-corrected chi connectivity index (χ0v) is 18.1. The van der Waals surface area contributed by atoms with Crippen LogP contribution in [0.1, 0.15) is 15.9 Å². The smallest absolute Gasteiger partial charge is 0.315 e. The van der Waals surface area contributed by atoms with Crippen LogP contribution < -0.4 is 10.6 Å². The summed E-state index contributed by atoms with van der Waals surface area (Å²) in [5.41, 5.74) is 1.73. The Morgan fingerprint density at radius 1 is 1.00 bits per heavy atom. The van der Waals surface area contributed by atoms with Gasteiger partial charge in [0.2, 0.25) is 0 Å². The van der Waals surface area contributed by atoms with Crippen molar-refractivity contribution in [2.24, 2.45) is 0 Å². The molecule has 0 bridgehead atoms. The van der Waals surface area contributed by atoms with E-state index in [1.807, 2.05) is 6.07 Å². The summed E-state index contributed by atoms with van der Waals surface area (Å²) in [6.45, 7) is 0. The first-order valence-electron chi connectivity index (χ1n) is 9.64. The molecule has 32 heavy (non-hydrogen) atoms. The summed E-state index contributed by atoms with van der Waals surface area (Å²) in [5, 5.41) is 5.46. The summed E-state index contributed by atoms with van der Waals surface area (Å²) in [6.07, 6.45) is 4.78. The second-order valence-corrected chi connectivity index (χ2v) is 7.56. The number of esters is 1. The number of nitrogens with zero attached hydrogens (tertiary/aromatic N) is 1. The number of anilines is 1. The third-order valence-electron chi connectivity index (χ3n) is 4.22. The summed E-state index contributed by atoms with van der Waals surface area (Å²) in [4.78, 5) is 41.7. The fraction of sp³-hybridized carbons (Fsp3) is 0.0833. The number of thioether (sulfide) groups is 1. The van der Waals surface area contributed by atoms with E-state index in [0.717, 1.165) is 4.90 Å². The van der Waals surface area contributed by atoms with Gasteiger partial charge in [-0.25, -0.2) is 0 Å². The Kier molecular flexibility index (Phi) is 8.16. The van der Waals surface area contributed by atoms with Gasteiger partial charge in [-0.1, -0.05) is 24.3 Å². The predicted molar refractivity (Wildman–Crippen MR) is 124 cm³/mol. The Labute approximate surface area is 189 Å². The molecule has 162 valence electrons. The van der Waals surface area contributed by atoms with Gasteiger partial charge >= 0.3 is 5.97 Å². The third-order valence-corrected chi connectivity index (χ3v) is 5.21. The van der Waals surface area contributed by atoms with Crippen molar-refractivity contribution in [1.82, 2.24) is 10.3 Å². The van der Waals surface area contributed by atoms with Crippen LogP contribution in [0.3, 0.4) is 0 Å². The number of pyridine rings is 1. The van der Waals surface area contributed by atoms with E-state index in [0.29, 0.717) is 16.8 Å². The van der Waals surface area contributed by atoms with Crippen molar-refractivity contribution in [3.8, 4) is 0 Å². The van der Waals surface area contributed by atoms with Gasteiger partial charge in [-0.05, 0) is 54.1 Å². The number of carbonyl (C=O) groups is 3. The van der Waals surface area contributed by atoms with E-state index in [-0.39, 0.29) is 17.4 Å². The maximum absolute atomic E-state index is 12.9. The van der Waals surface area contributed by atoms with Crippen LogP contribution in [0, 0.1) is 0 Å². The Morgan fingerprint density at radius 2 is 1.75 bits per heavy atom. The molecule has 3 rings (SSSR count). The van der Waals surface area contributed by atoms with Crippen LogP contribution in [0.5, 0.6) is 0 Å². The SMILES string of the molecule is COC(=O)CSc1ccc(NC(=O)/C(=C/c2cccnc2)NC(=O)c2ccccc2)cc1. The number of carbonyl (C=O) groups excluding carboxylic acids is 3. The minimum Gasteiger partial charge on any atom is -0.468 e. The number of ether oxygens (including phenoxy) is 1. The van der Waals surface area contributed by atoms with Crippen molar-refractivity contribution in [2.75, 3.05) is 18.2 Å². The summed E-state index contributed by atoms with van der Waals surface area (Å²) in [6, 6.07) is 19.2. The molecule has 8 heteroatoms. The van der Waals surface area contributed by atoms with E-state index in [1.165, 1.54) is 18.9 Å². The molecule has 0 aliphatic rings. The largest absolute Gasteiger partial charge is 0.468 e. The normalized spacial score (nSPS) is 10.8. The van der Waals surface area contributed by atoms with Gasteiger partial charge < -0.3 is 15.4 Å². The second-order valence-electron chi connectivity index (χ2n) is 6.51. The number of rotatable bonds is 8. The molecule has 0 saturated carbocycles. The van der Waals surface area contributed by atoms with Gasteiger partial charge in [-0.3, -0.25) is 19.4 Å². The van der Waals surface area contributed by atoms with Crippen LogP contribution in [-0.4, -0.2) is 35.6 Å². The van der Waals surface area contributed by atoms with E-state index >= 15 is 0 Å². The monoisotopic (exact) mass is 447 g/mol. The highest BCUT2D eigenvalue weighted by atomic mass is 32.2. The fourth-order valence-electron chi connectivity index (χ4n) is 2.60. The minimum atomic E-state index is -0.479. The van der Waals surface area contributed by atoms with Gasteiger partial charge in [0.1, 0.15) is 5.70 Å². The molecule has 0 radical (unpaired) electrons. The Hall–Kier alpha value is -3.91. The number of hydrogen-bond acceptors (Lipinski definition) is 6. The number of nitrogens with one attached hydrogen (secondary N) is 2. The lowest BCUT2D eigenvalue weighted by Crippen LogP contribution is -2.30. The van der Waals surface area contributed by atoms with Crippen molar-refractivity contribution in [3.63, 3.8) is 0 Å². The maximum Gasteiger partial charge on any atom is 0.315 e. The van der Waals surface area contributed by atoms with Crippen molar-refractivity contribution in [3.05, 3.63) is 95.9 Å². The van der Waals surface area contributed by atoms with E-state index in [4.69, 9.17) is 0 Å². The van der Waals surface area contributed by atoms with Crippen LogP contribution in [0.15, 0.2) is 89.7 Å². The van der Waals surface area contributed by atoms with Crippen LogP contribution in [-0.2, 0) is 14.3 Å². The van der Waals surface area contributed by atoms with E-state index in [1.54, 1.807) is 79.1 Å². The highest BCUT2D eigenvalue weighted by Crippen LogP contribution is 2.21. The number of aromatic nitrogens is 1. The average molecular weight is 448 g/mol. The molecular formula is C24H21N3O4S. The molecule has 2 aromatic carbocycles. The summed E-state index contributed by atoms with van der Waals surface area (Å²) in [5.74, 6) is -0.989. The fourth-order valence-corrected chi connectivity index (χ4v) is 3.34. The Balaban J connectivity index is 1.74. The molecule has 2 amide bonds. The van der Waals surface area contributed by atoms with E-state index in [9.17, 15) is 14.4 Å². The third kappa shape index (κ3) is 6.82. The molecule has 0 unspecified atom stereocenters. The van der Waals surface area contributed by atoms with Crippen LogP contribution in [0.25, 0.3) is 6.08 Å². The van der Waals surface area contributed by atoms with Gasteiger partial charge in [0.15, 0.2) is 0 Å². The summed E-state index contributed by atoms with van der Waals surface area (Å²) in [7, 11) is 1.34. The zero-order chi connectivity index (χ0) is 22.8. The van der Waals surface area contributed by atoms with Crippen molar-refractivity contribution in [1.29, 1.82) is 0 Å². The van der Waals surface area contributed by atoms with Gasteiger partial charge in [-0.2, -0.15) is 0 Å². The molecule has 1 heterocycles. The molecule has 2 N–H and O–H groups in total. The Morgan fingerprint density at radius 3 is 2.41 bits per heavy atom. The maximum atomic E-state index is 12.9. The molecule has 0 aliphatic heterocycles. The highest BCUT2D eigenvalue weighted by Gasteiger charge is 2.15. The van der Waals surface area contributed by atoms with Crippen LogP contribution >= 0.6 is 11.8 Å². The van der Waals surface area contributed by atoms with E-state index in [2.05, 4.69) is 20.4 Å². The van der Waals surface area contributed by atoms with Gasteiger partial charge in [0.05, 0.1) is 12.9 Å². The number of benzene rings is 2. The quantitative estimate of drug-likeness (QED) is 0.310. The minimum absolute atomic E-state index is 0.0796. The summed E-state index contributed by atoms with van der Waals surface area (Å²) < 4.78 is 4.63. The molecular weight excluding hydrogens is 426 g/mol. The first-order chi connectivity index (χ1) is 15.5. The van der Waals surface area contributed by atoms with Crippen molar-refractivity contribution in [2.45, 2.75) is 4.90 Å².